The molecule has 3 aromatic rings. The number of Topliss-reactive ketones (excluding diaryl/α,β-unsaturated/α-hetero) is 1. The van der Waals surface area contributed by atoms with E-state index in [4.69, 9.17) is 9.47 Å². The summed E-state index contributed by atoms with van der Waals surface area (Å²) in [6, 6.07) is 9.64. The summed E-state index contributed by atoms with van der Waals surface area (Å²) in [5.41, 5.74) is 2.82. The summed E-state index contributed by atoms with van der Waals surface area (Å²) in [6.45, 7) is 0. The molecular weight excluding hydrogens is 392 g/mol. The van der Waals surface area contributed by atoms with Crippen LogP contribution >= 0.6 is 22.7 Å². The van der Waals surface area contributed by atoms with Crippen LogP contribution in [0.2, 0.25) is 0 Å². The van der Waals surface area contributed by atoms with E-state index >= 15 is 0 Å². The van der Waals surface area contributed by atoms with E-state index in [2.05, 4.69) is 11.1 Å². The number of ether oxygens (including phenoxy) is 2. The second-order valence-corrected chi connectivity index (χ2v) is 8.51. The topological polar surface area (TPSA) is 72.2 Å². The summed E-state index contributed by atoms with van der Waals surface area (Å²) in [4.78, 5) is 19.5. The standard InChI is InChI=1S/C21H18N2O3S2/c1-25-16-7-6-12(8-17(16)26-2)15-11-27-21(23-15)14(10-22)20(24)19-9-13-4-3-5-18(13)28-19/h6-9,11,14H,3-5H2,1-2H3. The van der Waals surface area contributed by atoms with Gasteiger partial charge >= 0.3 is 0 Å². The molecule has 0 fully saturated rings. The highest BCUT2D eigenvalue weighted by Gasteiger charge is 2.28. The van der Waals surface area contributed by atoms with Crippen LogP contribution in [0.3, 0.4) is 0 Å². The molecule has 0 spiro atoms. The second kappa shape index (κ2) is 7.74. The minimum absolute atomic E-state index is 0.157. The Kier molecular flexibility index (Phi) is 5.16. The third-order valence-electron chi connectivity index (χ3n) is 4.83. The van der Waals surface area contributed by atoms with E-state index < -0.39 is 5.92 Å². The Hall–Kier alpha value is -2.69. The number of fused-ring (bicyclic) bond motifs is 1. The predicted molar refractivity (Wildman–Crippen MR) is 110 cm³/mol. The van der Waals surface area contributed by atoms with Crippen LogP contribution in [0.25, 0.3) is 11.3 Å². The van der Waals surface area contributed by atoms with Crippen molar-refractivity contribution in [1.82, 2.24) is 4.98 Å². The molecular formula is C21H18N2O3S2. The van der Waals surface area contributed by atoms with Crippen molar-refractivity contribution in [2.45, 2.75) is 25.2 Å². The van der Waals surface area contributed by atoms with E-state index in [1.165, 1.54) is 33.1 Å². The van der Waals surface area contributed by atoms with Crippen molar-refractivity contribution >= 4 is 28.5 Å². The number of aryl methyl sites for hydroxylation is 2. The van der Waals surface area contributed by atoms with Crippen molar-refractivity contribution < 1.29 is 14.3 Å². The highest BCUT2D eigenvalue weighted by Crippen LogP contribution is 2.36. The number of nitriles is 1. The molecule has 0 amide bonds. The number of hydrogen-bond donors (Lipinski definition) is 0. The zero-order valence-corrected chi connectivity index (χ0v) is 17.2. The molecule has 7 heteroatoms. The molecule has 1 aromatic carbocycles. The molecule has 142 valence electrons. The van der Waals surface area contributed by atoms with Crippen molar-refractivity contribution in [1.29, 1.82) is 5.26 Å². The van der Waals surface area contributed by atoms with Crippen LogP contribution in [-0.4, -0.2) is 25.0 Å². The third kappa shape index (κ3) is 3.30. The fourth-order valence-electron chi connectivity index (χ4n) is 3.37. The van der Waals surface area contributed by atoms with Crippen LogP contribution in [0, 0.1) is 11.3 Å². The number of benzene rings is 1. The number of carbonyl (C=O) groups is 1. The Morgan fingerprint density at radius 1 is 1.21 bits per heavy atom. The Balaban J connectivity index is 1.61. The molecule has 2 aromatic heterocycles. The van der Waals surface area contributed by atoms with Crippen LogP contribution in [0.15, 0.2) is 29.6 Å². The zero-order chi connectivity index (χ0) is 19.7. The van der Waals surface area contributed by atoms with Crippen molar-refractivity contribution in [2.75, 3.05) is 14.2 Å². The molecule has 1 unspecified atom stereocenters. The summed E-state index contributed by atoms with van der Waals surface area (Å²) in [5.74, 6) is 0.209. The minimum atomic E-state index is -0.877. The van der Waals surface area contributed by atoms with E-state index in [9.17, 15) is 10.1 Å². The quantitative estimate of drug-likeness (QED) is 0.542. The number of methoxy groups -OCH3 is 2. The maximum absolute atomic E-state index is 12.9. The first kappa shape index (κ1) is 18.7. The lowest BCUT2D eigenvalue weighted by atomic mass is 10.0. The SMILES string of the molecule is COc1ccc(-c2csc(C(C#N)C(=O)c3cc4c(s3)CCC4)n2)cc1OC. The Bertz CT molecular complexity index is 1060. The molecule has 1 aliphatic carbocycles. The van der Waals surface area contributed by atoms with Gasteiger partial charge in [0.1, 0.15) is 5.01 Å². The number of aromatic nitrogens is 1. The highest BCUT2D eigenvalue weighted by atomic mass is 32.1. The van der Waals surface area contributed by atoms with Gasteiger partial charge in [0.2, 0.25) is 0 Å². The van der Waals surface area contributed by atoms with Crippen LogP contribution in [0.1, 0.15) is 37.5 Å². The molecule has 1 atom stereocenters. The molecule has 5 nitrogen and oxygen atoms in total. The first-order chi connectivity index (χ1) is 13.6. The van der Waals surface area contributed by atoms with Gasteiger partial charge in [-0.3, -0.25) is 4.79 Å². The van der Waals surface area contributed by atoms with Crippen molar-refractivity contribution in [2.24, 2.45) is 0 Å². The van der Waals surface area contributed by atoms with Gasteiger partial charge < -0.3 is 9.47 Å². The van der Waals surface area contributed by atoms with Gasteiger partial charge in [-0.2, -0.15) is 5.26 Å². The number of thiophene rings is 1. The first-order valence-electron chi connectivity index (χ1n) is 8.87. The molecule has 0 N–H and O–H groups in total. The molecule has 0 bridgehead atoms. The molecule has 2 heterocycles. The number of nitrogens with zero attached hydrogens (tertiary/aromatic N) is 2. The maximum Gasteiger partial charge on any atom is 0.196 e. The Morgan fingerprint density at radius 3 is 2.75 bits per heavy atom. The van der Waals surface area contributed by atoms with Gasteiger partial charge in [-0.1, -0.05) is 0 Å². The average molecular weight is 411 g/mol. The number of thiazole rings is 1. The first-order valence-corrected chi connectivity index (χ1v) is 10.6. The van der Waals surface area contributed by atoms with Gasteiger partial charge in [-0.25, -0.2) is 4.98 Å². The van der Waals surface area contributed by atoms with E-state index in [1.807, 2.05) is 29.6 Å². The average Bonchev–Trinajstić information content (AvgIpc) is 3.44. The van der Waals surface area contributed by atoms with Gasteiger partial charge in [-0.05, 0) is 49.1 Å². The molecule has 0 aliphatic heterocycles. The molecule has 28 heavy (non-hydrogen) atoms. The van der Waals surface area contributed by atoms with Gasteiger partial charge in [0, 0.05) is 15.8 Å². The van der Waals surface area contributed by atoms with Crippen molar-refractivity contribution in [3.8, 4) is 28.8 Å². The number of rotatable bonds is 6. The van der Waals surface area contributed by atoms with E-state index in [-0.39, 0.29) is 5.78 Å². The van der Waals surface area contributed by atoms with Crippen LogP contribution in [-0.2, 0) is 12.8 Å². The zero-order valence-electron chi connectivity index (χ0n) is 15.5. The third-order valence-corrected chi connectivity index (χ3v) is 6.99. The van der Waals surface area contributed by atoms with Gasteiger partial charge in [0.25, 0.3) is 0 Å². The van der Waals surface area contributed by atoms with Gasteiger partial charge in [-0.15, -0.1) is 22.7 Å². The minimum Gasteiger partial charge on any atom is -0.493 e. The summed E-state index contributed by atoms with van der Waals surface area (Å²) in [5, 5.41) is 12.0. The fourth-order valence-corrected chi connectivity index (χ4v) is 5.46. The fraction of sp³-hybridized carbons (Fsp3) is 0.286. The smallest absolute Gasteiger partial charge is 0.196 e. The Morgan fingerprint density at radius 2 is 2.04 bits per heavy atom. The lowest BCUT2D eigenvalue weighted by molar-refractivity contribution is 0.0982. The lowest BCUT2D eigenvalue weighted by Crippen LogP contribution is -2.09. The van der Waals surface area contributed by atoms with E-state index in [0.29, 0.717) is 27.1 Å². The van der Waals surface area contributed by atoms with Crippen molar-refractivity contribution in [3.63, 3.8) is 0 Å². The normalized spacial score (nSPS) is 13.6. The summed E-state index contributed by atoms with van der Waals surface area (Å²) in [7, 11) is 3.17. The maximum atomic E-state index is 12.9. The number of hydrogen-bond acceptors (Lipinski definition) is 7. The number of ketones is 1. The highest BCUT2D eigenvalue weighted by molar-refractivity contribution is 7.14. The number of carbonyl (C=O) groups excluding carboxylic acids is 1. The monoisotopic (exact) mass is 410 g/mol. The second-order valence-electron chi connectivity index (χ2n) is 6.48. The van der Waals surface area contributed by atoms with Crippen LogP contribution in [0.5, 0.6) is 11.5 Å². The van der Waals surface area contributed by atoms with Crippen LogP contribution < -0.4 is 9.47 Å². The molecule has 0 saturated carbocycles. The Labute approximate surface area is 171 Å². The lowest BCUT2D eigenvalue weighted by Gasteiger charge is -2.08. The van der Waals surface area contributed by atoms with E-state index in [1.54, 1.807) is 14.2 Å². The van der Waals surface area contributed by atoms with E-state index in [0.717, 1.165) is 24.8 Å². The predicted octanol–water partition coefficient (Wildman–Crippen LogP) is 4.87. The summed E-state index contributed by atoms with van der Waals surface area (Å²) >= 11 is 2.86. The summed E-state index contributed by atoms with van der Waals surface area (Å²) in [6.07, 6.45) is 3.21. The molecule has 1 aliphatic rings. The molecule has 0 saturated heterocycles. The largest absolute Gasteiger partial charge is 0.493 e. The molecule has 4 rings (SSSR count). The van der Waals surface area contributed by atoms with Gasteiger partial charge in [0.15, 0.2) is 23.2 Å². The van der Waals surface area contributed by atoms with Crippen LogP contribution in [0.4, 0.5) is 0 Å². The molecule has 0 radical (unpaired) electrons. The van der Waals surface area contributed by atoms with Crippen molar-refractivity contribution in [3.05, 3.63) is 50.0 Å². The van der Waals surface area contributed by atoms with Gasteiger partial charge in [0.05, 0.1) is 30.9 Å². The summed E-state index contributed by atoms with van der Waals surface area (Å²) < 4.78 is 10.6.